The Morgan fingerprint density at radius 2 is 1.96 bits per heavy atom. The largest absolute Gasteiger partial charge is 0.356 e. The first-order valence-electron chi connectivity index (χ1n) is 7.17. The Balaban J connectivity index is 1.75. The first kappa shape index (κ1) is 13.6. The van der Waals surface area contributed by atoms with Crippen molar-refractivity contribution < 1.29 is 8.91 Å². The number of para-hydroxylation sites is 1. The number of hydrogen-bond donors (Lipinski definition) is 0. The molecule has 0 aliphatic heterocycles. The summed E-state index contributed by atoms with van der Waals surface area (Å²) in [4.78, 5) is 10.4. The maximum Gasteiger partial charge on any atom is 0.167 e. The summed E-state index contributed by atoms with van der Waals surface area (Å²) in [5.41, 5.74) is 2.26. The Bertz CT molecular complexity index is 998. The van der Waals surface area contributed by atoms with Crippen molar-refractivity contribution in [1.82, 2.24) is 15.1 Å². The van der Waals surface area contributed by atoms with Crippen molar-refractivity contribution >= 4 is 27.7 Å². The van der Waals surface area contributed by atoms with Crippen LogP contribution in [0.15, 0.2) is 53.3 Å². The second-order valence-corrected chi connectivity index (χ2v) is 5.34. The topological polar surface area (TPSA) is 55.1 Å². The Labute approximate surface area is 131 Å². The molecule has 114 valence electrons. The Morgan fingerprint density at radius 1 is 1.09 bits per heavy atom. The van der Waals surface area contributed by atoms with Crippen molar-refractivity contribution in [2.45, 2.75) is 6.54 Å². The van der Waals surface area contributed by atoms with E-state index in [9.17, 15) is 4.39 Å². The molecule has 2 aromatic heterocycles. The van der Waals surface area contributed by atoms with Crippen LogP contribution < -0.4 is 4.90 Å². The Morgan fingerprint density at radius 3 is 2.87 bits per heavy atom. The van der Waals surface area contributed by atoms with Crippen molar-refractivity contribution in [3.8, 4) is 0 Å². The molecule has 2 aromatic carbocycles. The van der Waals surface area contributed by atoms with Crippen LogP contribution in [0.25, 0.3) is 21.9 Å². The highest BCUT2D eigenvalue weighted by Gasteiger charge is 2.14. The maximum atomic E-state index is 13.6. The van der Waals surface area contributed by atoms with Gasteiger partial charge in [-0.15, -0.1) is 0 Å². The van der Waals surface area contributed by atoms with Gasteiger partial charge in [-0.05, 0) is 30.3 Å². The molecule has 0 bridgehead atoms. The van der Waals surface area contributed by atoms with Crippen molar-refractivity contribution in [2.75, 3.05) is 11.9 Å². The fourth-order valence-electron chi connectivity index (χ4n) is 2.67. The molecule has 0 amide bonds. The monoisotopic (exact) mass is 308 g/mol. The summed E-state index contributed by atoms with van der Waals surface area (Å²) in [6.45, 7) is 0.500. The van der Waals surface area contributed by atoms with E-state index < -0.39 is 0 Å². The third-order valence-corrected chi connectivity index (χ3v) is 3.78. The molecule has 23 heavy (non-hydrogen) atoms. The summed E-state index contributed by atoms with van der Waals surface area (Å²) in [7, 11) is 1.89. The zero-order valence-electron chi connectivity index (χ0n) is 12.4. The third kappa shape index (κ3) is 2.38. The van der Waals surface area contributed by atoms with E-state index >= 15 is 0 Å². The average Bonchev–Trinajstić information content (AvgIpc) is 2.97. The van der Waals surface area contributed by atoms with Gasteiger partial charge in [0.1, 0.15) is 23.7 Å². The zero-order chi connectivity index (χ0) is 15.8. The van der Waals surface area contributed by atoms with E-state index in [1.165, 1.54) is 18.5 Å². The SMILES string of the molecule is CN(Cc1noc2ccccc12)c1ncnc2ccc(F)cc12. The van der Waals surface area contributed by atoms with Gasteiger partial charge in [0.2, 0.25) is 0 Å². The molecular weight excluding hydrogens is 295 g/mol. The minimum Gasteiger partial charge on any atom is -0.356 e. The minimum absolute atomic E-state index is 0.311. The number of benzene rings is 2. The van der Waals surface area contributed by atoms with Crippen LogP contribution in [0.3, 0.4) is 0 Å². The Kier molecular flexibility index (Phi) is 3.15. The standard InChI is InChI=1S/C17H13FN4O/c1-22(9-15-12-4-2-3-5-16(12)23-21-15)17-13-8-11(18)6-7-14(13)19-10-20-17/h2-8,10H,9H2,1H3. The molecule has 4 aromatic rings. The van der Waals surface area contributed by atoms with E-state index in [0.29, 0.717) is 23.3 Å². The number of nitrogens with zero attached hydrogens (tertiary/aromatic N) is 4. The quantitative estimate of drug-likeness (QED) is 0.579. The Hall–Kier alpha value is -3.02. The molecule has 0 unspecified atom stereocenters. The molecule has 0 saturated heterocycles. The molecule has 6 heteroatoms. The van der Waals surface area contributed by atoms with Gasteiger partial charge in [-0.2, -0.15) is 0 Å². The van der Waals surface area contributed by atoms with Crippen molar-refractivity contribution in [1.29, 1.82) is 0 Å². The first-order chi connectivity index (χ1) is 11.2. The van der Waals surface area contributed by atoms with Crippen LogP contribution in [-0.2, 0) is 6.54 Å². The molecule has 0 aliphatic carbocycles. The molecule has 0 aliphatic rings. The first-order valence-corrected chi connectivity index (χ1v) is 7.17. The lowest BCUT2D eigenvalue weighted by Crippen LogP contribution is -2.18. The zero-order valence-corrected chi connectivity index (χ0v) is 12.4. The molecule has 0 radical (unpaired) electrons. The van der Waals surface area contributed by atoms with Crippen molar-refractivity contribution in [3.05, 3.63) is 60.3 Å². The van der Waals surface area contributed by atoms with Crippen molar-refractivity contribution in [3.63, 3.8) is 0 Å². The molecule has 5 nitrogen and oxygen atoms in total. The summed E-state index contributed by atoms with van der Waals surface area (Å²) >= 11 is 0. The minimum atomic E-state index is -0.311. The number of halogens is 1. The summed E-state index contributed by atoms with van der Waals surface area (Å²) in [6.07, 6.45) is 1.48. The van der Waals surface area contributed by atoms with Crippen LogP contribution >= 0.6 is 0 Å². The fourth-order valence-corrected chi connectivity index (χ4v) is 2.67. The van der Waals surface area contributed by atoms with Crippen LogP contribution in [0.1, 0.15) is 5.69 Å². The fraction of sp³-hybridized carbons (Fsp3) is 0.118. The van der Waals surface area contributed by atoms with E-state index in [2.05, 4.69) is 15.1 Å². The van der Waals surface area contributed by atoms with Crippen LogP contribution in [0.5, 0.6) is 0 Å². The third-order valence-electron chi connectivity index (χ3n) is 3.78. The van der Waals surface area contributed by atoms with Crippen LogP contribution in [0.4, 0.5) is 10.2 Å². The second-order valence-electron chi connectivity index (χ2n) is 5.34. The van der Waals surface area contributed by atoms with Gasteiger partial charge in [0.15, 0.2) is 5.58 Å². The number of anilines is 1. The lowest BCUT2D eigenvalue weighted by atomic mass is 10.2. The number of aromatic nitrogens is 3. The van der Waals surface area contributed by atoms with Gasteiger partial charge >= 0.3 is 0 Å². The van der Waals surface area contributed by atoms with Gasteiger partial charge in [0.25, 0.3) is 0 Å². The average molecular weight is 308 g/mol. The van der Waals surface area contributed by atoms with Gasteiger partial charge in [-0.3, -0.25) is 0 Å². The molecule has 0 atom stereocenters. The number of fused-ring (bicyclic) bond motifs is 2. The van der Waals surface area contributed by atoms with Gasteiger partial charge in [-0.1, -0.05) is 17.3 Å². The molecule has 0 saturated carbocycles. The van der Waals surface area contributed by atoms with E-state index in [1.807, 2.05) is 36.2 Å². The van der Waals surface area contributed by atoms with E-state index in [4.69, 9.17) is 4.52 Å². The normalized spacial score (nSPS) is 11.2. The molecule has 0 spiro atoms. The highest BCUT2D eigenvalue weighted by atomic mass is 19.1. The van der Waals surface area contributed by atoms with Gasteiger partial charge in [0.05, 0.1) is 12.1 Å². The van der Waals surface area contributed by atoms with Gasteiger partial charge in [-0.25, -0.2) is 14.4 Å². The van der Waals surface area contributed by atoms with E-state index in [1.54, 1.807) is 6.07 Å². The summed E-state index contributed by atoms with van der Waals surface area (Å²) < 4.78 is 18.9. The number of rotatable bonds is 3. The predicted octanol–water partition coefficient (Wildman–Crippen LogP) is 3.55. The van der Waals surface area contributed by atoms with E-state index in [-0.39, 0.29) is 5.82 Å². The smallest absolute Gasteiger partial charge is 0.167 e. The lowest BCUT2D eigenvalue weighted by Gasteiger charge is -2.18. The van der Waals surface area contributed by atoms with Gasteiger partial charge < -0.3 is 9.42 Å². The van der Waals surface area contributed by atoms with E-state index in [0.717, 1.165) is 16.7 Å². The highest BCUT2D eigenvalue weighted by Crippen LogP contribution is 2.25. The number of hydrogen-bond acceptors (Lipinski definition) is 5. The maximum absolute atomic E-state index is 13.6. The summed E-state index contributed by atoms with van der Waals surface area (Å²) in [5.74, 6) is 0.343. The molecule has 0 fully saturated rings. The summed E-state index contributed by atoms with van der Waals surface area (Å²) in [6, 6.07) is 12.2. The molecular formula is C17H13FN4O. The second kappa shape index (κ2) is 5.31. The predicted molar refractivity (Wildman–Crippen MR) is 85.6 cm³/mol. The van der Waals surface area contributed by atoms with Crippen LogP contribution in [0, 0.1) is 5.82 Å². The van der Waals surface area contributed by atoms with Gasteiger partial charge in [0, 0.05) is 17.8 Å². The van der Waals surface area contributed by atoms with Crippen molar-refractivity contribution in [2.24, 2.45) is 0 Å². The molecule has 2 heterocycles. The summed E-state index contributed by atoms with van der Waals surface area (Å²) in [5, 5.41) is 5.76. The highest BCUT2D eigenvalue weighted by molar-refractivity contribution is 5.89. The van der Waals surface area contributed by atoms with Crippen LogP contribution in [-0.4, -0.2) is 22.2 Å². The molecule has 4 rings (SSSR count). The lowest BCUT2D eigenvalue weighted by molar-refractivity contribution is 0.445. The van der Waals surface area contributed by atoms with Crippen LogP contribution in [0.2, 0.25) is 0 Å². The molecule has 0 N–H and O–H groups in total.